The molecule has 0 amide bonds. The van der Waals surface area contributed by atoms with Gasteiger partial charge in [0.15, 0.2) is 0 Å². The van der Waals surface area contributed by atoms with Crippen molar-refractivity contribution in [1.82, 2.24) is 0 Å². The maximum absolute atomic E-state index is 10.9. The number of rotatable bonds is 6. The first-order valence-corrected chi connectivity index (χ1v) is 14.4. The van der Waals surface area contributed by atoms with E-state index in [-0.39, 0.29) is 73.0 Å². The molecule has 0 radical (unpaired) electrons. The first kappa shape index (κ1) is 35.4. The second-order valence-electron chi connectivity index (χ2n) is 14.1. The van der Waals surface area contributed by atoms with Crippen molar-refractivity contribution in [2.45, 2.75) is 118 Å². The minimum atomic E-state index is -1.24. The number of phenolic OH excluding ortho intramolecular Hbond substituents is 2. The van der Waals surface area contributed by atoms with Gasteiger partial charge in [-0.2, -0.15) is 0 Å². The van der Waals surface area contributed by atoms with E-state index in [1.54, 1.807) is 0 Å². The van der Waals surface area contributed by atoms with Crippen molar-refractivity contribution in [3.8, 4) is 11.5 Å². The normalized spacial score (nSPS) is 13.3. The Labute approximate surface area is 279 Å². The first-order valence-electron chi connectivity index (χ1n) is 13.1. The molecule has 0 heterocycles. The zero-order chi connectivity index (χ0) is 28.4. The van der Waals surface area contributed by atoms with Crippen LogP contribution in [0.25, 0.3) is 0 Å². The van der Waals surface area contributed by atoms with Gasteiger partial charge in [0.25, 0.3) is 0 Å². The predicted molar refractivity (Wildman–Crippen MR) is 162 cm³/mol. The van der Waals surface area contributed by atoms with Gasteiger partial charge < -0.3 is 10.2 Å². The molecule has 0 aromatic heterocycles. The zero-order valence-corrected chi connectivity index (χ0v) is 26.5. The third-order valence-electron chi connectivity index (χ3n) is 6.53. The molecule has 0 saturated heterocycles. The monoisotopic (exact) mass is 562 g/mol. The van der Waals surface area contributed by atoms with E-state index < -0.39 is 15.7 Å². The first-order chi connectivity index (χ1) is 16.7. The van der Waals surface area contributed by atoms with E-state index >= 15 is 0 Å². The summed E-state index contributed by atoms with van der Waals surface area (Å²) in [5.41, 5.74) is 5.33. The van der Waals surface area contributed by atoms with E-state index in [0.29, 0.717) is 24.6 Å². The number of aromatic hydroxyl groups is 2. The molecule has 0 aliphatic heterocycles. The second kappa shape index (κ2) is 13.4. The van der Waals surface area contributed by atoms with E-state index in [4.69, 9.17) is 0 Å². The van der Waals surface area contributed by atoms with Crippen LogP contribution in [0.3, 0.4) is 0 Å². The summed E-state index contributed by atoms with van der Waals surface area (Å²) in [4.78, 5) is 0. The van der Waals surface area contributed by atoms with Gasteiger partial charge in [0.2, 0.25) is 0 Å². The van der Waals surface area contributed by atoms with Crippen LogP contribution in [0.15, 0.2) is 42.7 Å². The van der Waals surface area contributed by atoms with Crippen molar-refractivity contribution in [1.29, 1.82) is 0 Å². The van der Waals surface area contributed by atoms with Crippen LogP contribution in [0.2, 0.25) is 0 Å². The van der Waals surface area contributed by atoms with Gasteiger partial charge in [0.1, 0.15) is 11.5 Å². The summed E-state index contributed by atoms with van der Waals surface area (Å²) in [5, 5.41) is 30.5. The Morgan fingerprint density at radius 1 is 0.553 bits per heavy atom. The van der Waals surface area contributed by atoms with Crippen molar-refractivity contribution >= 4 is 67.0 Å². The van der Waals surface area contributed by atoms with Crippen molar-refractivity contribution in [3.63, 3.8) is 0 Å². The van der Waals surface area contributed by atoms with Gasteiger partial charge in [-0.25, -0.2) is 10.2 Å². The molecule has 0 aliphatic carbocycles. The van der Waals surface area contributed by atoms with Crippen molar-refractivity contribution in [2.24, 2.45) is 18.4 Å². The van der Waals surface area contributed by atoms with Gasteiger partial charge in [-0.3, -0.25) is 8.20 Å². The Hall–Kier alpha value is -0.591. The fourth-order valence-electron chi connectivity index (χ4n) is 4.01. The Bertz CT molecular complexity index is 1070. The van der Waals surface area contributed by atoms with Crippen LogP contribution >= 0.6 is 0 Å². The average molecular weight is 563 g/mol. The summed E-state index contributed by atoms with van der Waals surface area (Å²) in [6.07, 6.45) is 0. The van der Waals surface area contributed by atoms with Gasteiger partial charge >= 0.3 is 67.0 Å². The van der Waals surface area contributed by atoms with Crippen LogP contribution in [0.1, 0.15) is 116 Å². The van der Waals surface area contributed by atoms with Crippen LogP contribution in [0.5, 0.6) is 11.5 Å². The van der Waals surface area contributed by atoms with Gasteiger partial charge in [-0.15, -0.1) is 0 Å². The SMILES string of the molecule is CC(C)(C)c1cc(CN=[N][AlH][N]=NCc2cc(C(C)(C)C)cc(C(C)(C)C)c2O)c(O)c(C(C)(C)C)c1.[KH]. The minimum absolute atomic E-state index is 0. The van der Waals surface area contributed by atoms with E-state index in [1.165, 1.54) is 11.1 Å². The Morgan fingerprint density at radius 2 is 0.868 bits per heavy atom. The molecule has 2 N–H and O–H groups in total. The fraction of sp³-hybridized carbons (Fsp3) is 0.600. The number of hydrogen-bond acceptors (Lipinski definition) is 6. The molecule has 0 atom stereocenters. The second-order valence-corrected chi connectivity index (χ2v) is 14.9. The molecular weight excluding hydrogens is 514 g/mol. The molecule has 2 rings (SSSR count). The van der Waals surface area contributed by atoms with Crippen LogP contribution in [-0.4, -0.2) is 77.3 Å². The summed E-state index contributed by atoms with van der Waals surface area (Å²) >= 11 is -1.24. The summed E-state index contributed by atoms with van der Waals surface area (Å²) < 4.78 is 8.58. The third kappa shape index (κ3) is 9.80. The molecule has 0 saturated carbocycles. The van der Waals surface area contributed by atoms with Crippen molar-refractivity contribution < 1.29 is 10.2 Å². The number of benzene rings is 2. The standard InChI is InChI=1S/2C15H23N2O.Al.K.2H/c2*1-14(2,3)11-7-10(9-17-16)13(18)12(8-11)15(4,5)6;;;;/h2*7-8,18H,9H2,1-6H3;;;;/q2*-1;+2;;;. The number of hydrogen-bond donors (Lipinski definition) is 2. The third-order valence-corrected chi connectivity index (χ3v) is 7.19. The fourth-order valence-corrected chi connectivity index (χ4v) is 4.45. The van der Waals surface area contributed by atoms with Crippen LogP contribution in [-0.2, 0) is 34.7 Å². The quantitative estimate of drug-likeness (QED) is 0.282. The molecule has 38 heavy (non-hydrogen) atoms. The van der Waals surface area contributed by atoms with Gasteiger partial charge in [0, 0.05) is 11.1 Å². The zero-order valence-electron chi connectivity index (χ0n) is 25.1. The molecule has 0 bridgehead atoms. The Kier molecular flexibility index (Phi) is 12.5. The predicted octanol–water partition coefficient (Wildman–Crippen LogP) is 7.51. The van der Waals surface area contributed by atoms with E-state index in [0.717, 1.165) is 22.3 Å². The van der Waals surface area contributed by atoms with E-state index in [2.05, 4.69) is 114 Å². The number of nitrogens with zero attached hydrogens (tertiary/aromatic N) is 4. The summed E-state index contributed by atoms with van der Waals surface area (Å²) in [6, 6.07) is 8.27. The van der Waals surface area contributed by atoms with Crippen molar-refractivity contribution in [3.05, 3.63) is 57.6 Å². The molecule has 0 unspecified atom stereocenters. The summed E-state index contributed by atoms with van der Waals surface area (Å²) in [7, 11) is 0. The average Bonchev–Trinajstić information content (AvgIpc) is 2.71. The topological polar surface area (TPSA) is 89.9 Å². The summed E-state index contributed by atoms with van der Waals surface area (Å²) in [6.45, 7) is 26.3. The van der Waals surface area contributed by atoms with Gasteiger partial charge in [-0.05, 0) is 56.0 Å². The molecule has 0 spiro atoms. The Morgan fingerprint density at radius 3 is 1.13 bits per heavy atom. The molecule has 2 aromatic rings. The molecule has 8 heteroatoms. The molecule has 204 valence electrons. The van der Waals surface area contributed by atoms with Crippen LogP contribution in [0, 0.1) is 0 Å². The van der Waals surface area contributed by atoms with Crippen molar-refractivity contribution in [2.75, 3.05) is 0 Å². The van der Waals surface area contributed by atoms with Gasteiger partial charge in [-0.1, -0.05) is 95.2 Å². The molecule has 6 nitrogen and oxygen atoms in total. The van der Waals surface area contributed by atoms with Crippen LogP contribution in [0.4, 0.5) is 0 Å². The van der Waals surface area contributed by atoms with E-state index in [9.17, 15) is 10.2 Å². The molecule has 2 aromatic carbocycles. The molecule has 0 aliphatic rings. The van der Waals surface area contributed by atoms with Gasteiger partial charge in [0.05, 0.1) is 13.1 Å². The number of phenols is 2. The molecule has 0 fully saturated rings. The Balaban J connectivity index is 0.00000722. The van der Waals surface area contributed by atoms with Crippen LogP contribution < -0.4 is 0 Å². The molecular formula is C30H48AlKN4O2. The maximum atomic E-state index is 10.9. The summed E-state index contributed by atoms with van der Waals surface area (Å²) in [5.74, 6) is 0.596. The van der Waals surface area contributed by atoms with E-state index in [1.807, 2.05) is 12.1 Å².